The number of aliphatic hydroxyl groups excluding tert-OH is 1. The molecule has 13 heavy (non-hydrogen) atoms. The van der Waals surface area contributed by atoms with Gasteiger partial charge < -0.3 is 20.8 Å². The van der Waals surface area contributed by atoms with Crippen LogP contribution >= 0.6 is 0 Å². The lowest BCUT2D eigenvalue weighted by Crippen LogP contribution is -2.36. The van der Waals surface area contributed by atoms with E-state index in [1.807, 2.05) is 0 Å². The van der Waals surface area contributed by atoms with Gasteiger partial charge in [-0.05, 0) is 0 Å². The van der Waals surface area contributed by atoms with Gasteiger partial charge in [0.05, 0.1) is 19.7 Å². The molecule has 0 aromatic rings. The molecule has 5 N–H and O–H groups in total. The minimum atomic E-state index is -1.11. The fourth-order valence-corrected chi connectivity index (χ4v) is 0.738. The summed E-state index contributed by atoms with van der Waals surface area (Å²) in [6.07, 6.45) is 0. The van der Waals surface area contributed by atoms with Gasteiger partial charge in [-0.3, -0.25) is 14.5 Å². The molecule has 0 radical (unpaired) electrons. The van der Waals surface area contributed by atoms with Crippen molar-refractivity contribution in [2.45, 2.75) is 0 Å². The van der Waals surface area contributed by atoms with Crippen LogP contribution in [0.4, 0.5) is 0 Å². The van der Waals surface area contributed by atoms with E-state index in [1.165, 1.54) is 0 Å². The highest BCUT2D eigenvalue weighted by atomic mass is 16.4. The highest BCUT2D eigenvalue weighted by Crippen LogP contribution is 1.86. The van der Waals surface area contributed by atoms with Gasteiger partial charge in [-0.25, -0.2) is 0 Å². The van der Waals surface area contributed by atoms with Crippen molar-refractivity contribution in [3.05, 3.63) is 0 Å². The van der Waals surface area contributed by atoms with Gasteiger partial charge in [-0.1, -0.05) is 0 Å². The van der Waals surface area contributed by atoms with Crippen molar-refractivity contribution in [3.63, 3.8) is 0 Å². The molecule has 7 heteroatoms. The van der Waals surface area contributed by atoms with E-state index in [1.54, 1.807) is 0 Å². The summed E-state index contributed by atoms with van der Waals surface area (Å²) in [4.78, 5) is 21.4. The molecule has 0 atom stereocenters. The smallest absolute Gasteiger partial charge is 0.317 e. The summed E-state index contributed by atoms with van der Waals surface area (Å²) in [7, 11) is 0. The second-order valence-electron chi connectivity index (χ2n) is 2.22. The quantitative estimate of drug-likeness (QED) is 0.434. The Hall–Kier alpha value is -1.18. The van der Waals surface area contributed by atoms with E-state index in [0.717, 1.165) is 4.90 Å². The molecule has 7 nitrogen and oxygen atoms in total. The minimum absolute atomic E-state index is 0. The maximum absolute atomic E-state index is 10.1. The number of aliphatic carboxylic acids is 2. The summed E-state index contributed by atoms with van der Waals surface area (Å²) in [6, 6.07) is 0. The number of nitrogens with zero attached hydrogens (tertiary/aromatic N) is 1. The molecular weight excluding hydrogens is 182 g/mol. The van der Waals surface area contributed by atoms with E-state index in [2.05, 4.69) is 0 Å². The maximum atomic E-state index is 10.1. The lowest BCUT2D eigenvalue weighted by atomic mass is 10.4. The van der Waals surface area contributed by atoms with Crippen LogP contribution in [0.5, 0.6) is 0 Å². The normalized spacial score (nSPS) is 9.38. The van der Waals surface area contributed by atoms with Gasteiger partial charge in [0.15, 0.2) is 0 Å². The van der Waals surface area contributed by atoms with Crippen LogP contribution in [0.1, 0.15) is 0 Å². The van der Waals surface area contributed by atoms with Crippen molar-refractivity contribution in [1.29, 1.82) is 0 Å². The first-order chi connectivity index (χ1) is 5.56. The monoisotopic (exact) mass is 195 g/mol. The molecule has 0 aliphatic rings. The highest BCUT2D eigenvalue weighted by Gasteiger charge is 2.11. The van der Waals surface area contributed by atoms with Crippen molar-refractivity contribution < 1.29 is 30.4 Å². The third-order valence-electron chi connectivity index (χ3n) is 1.13. The van der Waals surface area contributed by atoms with Crippen LogP contribution < -0.4 is 0 Å². The summed E-state index contributed by atoms with van der Waals surface area (Å²) in [5.74, 6) is -2.21. The van der Waals surface area contributed by atoms with Gasteiger partial charge >= 0.3 is 11.9 Å². The fraction of sp³-hybridized carbons (Fsp3) is 0.667. The Morgan fingerprint density at radius 3 is 1.69 bits per heavy atom. The summed E-state index contributed by atoms with van der Waals surface area (Å²) in [5.41, 5.74) is 0. The van der Waals surface area contributed by atoms with Gasteiger partial charge in [0.1, 0.15) is 0 Å². The zero-order valence-corrected chi connectivity index (χ0v) is 6.93. The molecule has 0 fully saturated rings. The average Bonchev–Trinajstić information content (AvgIpc) is 1.84. The van der Waals surface area contributed by atoms with Gasteiger partial charge in [0.25, 0.3) is 0 Å². The summed E-state index contributed by atoms with van der Waals surface area (Å²) in [5, 5.41) is 25.0. The molecule has 0 aromatic carbocycles. The van der Waals surface area contributed by atoms with E-state index in [9.17, 15) is 9.59 Å². The van der Waals surface area contributed by atoms with Crippen molar-refractivity contribution in [2.75, 3.05) is 26.2 Å². The second-order valence-corrected chi connectivity index (χ2v) is 2.22. The van der Waals surface area contributed by atoms with E-state index in [4.69, 9.17) is 15.3 Å². The predicted molar refractivity (Wildman–Crippen MR) is 42.4 cm³/mol. The molecular formula is C6H13NO6. The maximum Gasteiger partial charge on any atom is 0.317 e. The largest absolute Gasteiger partial charge is 0.480 e. The topological polar surface area (TPSA) is 130 Å². The van der Waals surface area contributed by atoms with E-state index in [0.29, 0.717) is 0 Å². The van der Waals surface area contributed by atoms with Crippen molar-refractivity contribution >= 4 is 11.9 Å². The molecule has 0 aromatic heterocycles. The average molecular weight is 195 g/mol. The van der Waals surface area contributed by atoms with E-state index < -0.39 is 11.9 Å². The predicted octanol–water partition coefficient (Wildman–Crippen LogP) is -2.37. The lowest BCUT2D eigenvalue weighted by molar-refractivity contribution is -0.141. The van der Waals surface area contributed by atoms with Crippen molar-refractivity contribution in [1.82, 2.24) is 4.90 Å². The summed E-state index contributed by atoms with van der Waals surface area (Å²) in [6.45, 7) is -0.932. The lowest BCUT2D eigenvalue weighted by Gasteiger charge is -2.15. The number of hydrogen-bond donors (Lipinski definition) is 3. The second kappa shape index (κ2) is 7.47. The zero-order chi connectivity index (χ0) is 9.56. The van der Waals surface area contributed by atoms with Crippen LogP contribution in [-0.2, 0) is 9.59 Å². The van der Waals surface area contributed by atoms with Crippen LogP contribution in [0.2, 0.25) is 0 Å². The molecule has 0 saturated heterocycles. The van der Waals surface area contributed by atoms with Gasteiger partial charge in [-0.2, -0.15) is 0 Å². The molecule has 0 heterocycles. The molecule has 0 bridgehead atoms. The Morgan fingerprint density at radius 1 is 1.08 bits per heavy atom. The number of hydrogen-bond acceptors (Lipinski definition) is 4. The first-order valence-corrected chi connectivity index (χ1v) is 3.33. The molecule has 0 aliphatic heterocycles. The Balaban J connectivity index is 0. The number of rotatable bonds is 6. The first-order valence-electron chi connectivity index (χ1n) is 3.33. The Kier molecular flexibility index (Phi) is 8.24. The zero-order valence-electron chi connectivity index (χ0n) is 6.93. The Bertz CT molecular complexity index is 155. The fourth-order valence-electron chi connectivity index (χ4n) is 0.738. The molecule has 0 saturated carbocycles. The highest BCUT2D eigenvalue weighted by molar-refractivity contribution is 5.72. The molecule has 0 spiro atoms. The standard InChI is InChI=1S/C6H11NO5.H2O/c8-2-1-7(3-5(9)10)4-6(11)12;/h8H,1-4H2,(H,9,10)(H,11,12);1H2. The number of carboxylic acids is 2. The third kappa shape index (κ3) is 8.73. The molecule has 78 valence electrons. The van der Waals surface area contributed by atoms with E-state index >= 15 is 0 Å². The SMILES string of the molecule is O.O=C(O)CN(CCO)CC(=O)O. The molecule has 0 aliphatic carbocycles. The van der Waals surface area contributed by atoms with Crippen LogP contribution in [-0.4, -0.2) is 63.9 Å². The van der Waals surface area contributed by atoms with Crippen LogP contribution in [0.25, 0.3) is 0 Å². The Morgan fingerprint density at radius 2 is 1.46 bits per heavy atom. The third-order valence-corrected chi connectivity index (χ3v) is 1.13. The first kappa shape index (κ1) is 14.3. The number of carboxylic acid groups (broad SMARTS) is 2. The van der Waals surface area contributed by atoms with Gasteiger partial charge in [0.2, 0.25) is 0 Å². The van der Waals surface area contributed by atoms with Crippen molar-refractivity contribution in [2.24, 2.45) is 0 Å². The van der Waals surface area contributed by atoms with Gasteiger partial charge in [0, 0.05) is 6.54 Å². The summed E-state index contributed by atoms with van der Waals surface area (Å²) < 4.78 is 0. The molecule has 0 rings (SSSR count). The van der Waals surface area contributed by atoms with Crippen LogP contribution in [0.3, 0.4) is 0 Å². The van der Waals surface area contributed by atoms with Gasteiger partial charge in [-0.15, -0.1) is 0 Å². The van der Waals surface area contributed by atoms with Crippen LogP contribution in [0, 0.1) is 0 Å². The summed E-state index contributed by atoms with van der Waals surface area (Å²) >= 11 is 0. The van der Waals surface area contributed by atoms with E-state index in [-0.39, 0.29) is 31.7 Å². The van der Waals surface area contributed by atoms with Crippen LogP contribution in [0.15, 0.2) is 0 Å². The molecule has 0 unspecified atom stereocenters. The van der Waals surface area contributed by atoms with Crippen molar-refractivity contribution in [3.8, 4) is 0 Å². The number of carbonyl (C=O) groups is 2. The Labute approximate surface area is 74.5 Å². The minimum Gasteiger partial charge on any atom is -0.480 e. The number of aliphatic hydroxyl groups is 1. The molecule has 0 amide bonds.